The Morgan fingerprint density at radius 3 is 0.341 bits per heavy atom. The number of ether oxygens (including phenoxy) is 12. The molecule has 0 aliphatic rings. The molecule has 13 nitrogen and oxygen atoms in total. The van der Waals surface area contributed by atoms with Crippen molar-refractivity contribution in [2.24, 2.45) is 0 Å². The quantitative estimate of drug-likeness (QED) is 0.0308. The van der Waals surface area contributed by atoms with Crippen molar-refractivity contribution in [3.05, 3.63) is 48.5 Å². The highest BCUT2D eigenvalue weighted by Crippen LogP contribution is 2.46. The maximum absolute atomic E-state index is 9.92. The van der Waals surface area contributed by atoms with Gasteiger partial charge in [0.05, 0.1) is 20.7 Å². The Hall–Kier alpha value is -5.13. The van der Waals surface area contributed by atoms with Crippen LogP contribution in [0.25, 0.3) is 0 Å². The van der Waals surface area contributed by atoms with Gasteiger partial charge in [-0.2, -0.15) is 0 Å². The largest absolute Gasteiger partial charge is 0.488 e. The van der Waals surface area contributed by atoms with Crippen molar-refractivity contribution in [3.8, 4) is 69.0 Å². The minimum atomic E-state index is -4.04. The first kappa shape index (κ1) is 122. The van der Waals surface area contributed by atoms with Crippen molar-refractivity contribution in [2.75, 3.05) is 0 Å². The summed E-state index contributed by atoms with van der Waals surface area (Å²) in [5.74, 6) is 7.73. The number of unbranched alkanes of at least 4 members (excludes halogenated alkanes) is 24. The average Bonchev–Trinajstić information content (AvgIpc) is 0.740. The third-order valence-corrected chi connectivity index (χ3v) is 33.4. The molecule has 135 heavy (non-hydrogen) atoms. The molecule has 0 unspecified atom stereocenters. The molecule has 15 heteroatoms. The fourth-order valence-corrected chi connectivity index (χ4v) is 25.9. The number of hydrogen-bond acceptors (Lipinski definition) is 13. The zero-order chi connectivity index (χ0) is 101. The van der Waals surface area contributed by atoms with E-state index in [1.807, 2.05) is 0 Å². The van der Waals surface area contributed by atoms with Gasteiger partial charge in [0.25, 0.3) is 0 Å². The fourth-order valence-electron chi connectivity index (χ4n) is 18.8. The van der Waals surface area contributed by atoms with Gasteiger partial charge in [-0.15, -0.1) is 0 Å². The van der Waals surface area contributed by atoms with E-state index in [2.05, 4.69) is 298 Å². The monoisotopic (exact) mass is 1920 g/mol. The van der Waals surface area contributed by atoms with E-state index in [0.29, 0.717) is 69.0 Å². The third-order valence-electron chi connectivity index (χ3n) is 26.9. The molecule has 0 heterocycles. The van der Waals surface area contributed by atoms with Gasteiger partial charge in [-0.25, -0.2) is 0 Å². The normalized spacial score (nSPS) is 13.1. The second-order valence-electron chi connectivity index (χ2n) is 48.1. The zero-order valence-electron chi connectivity index (χ0n) is 95.0. The molecule has 0 bridgehead atoms. The topological polar surface area (TPSA) is 120 Å². The highest BCUT2D eigenvalue weighted by molar-refractivity contribution is 6.94. The van der Waals surface area contributed by atoms with E-state index >= 15 is 0 Å². The smallest absolute Gasteiger partial charge is 0.244 e. The summed E-state index contributed by atoms with van der Waals surface area (Å²) in [5, 5.41) is 3.24. The van der Waals surface area contributed by atoms with Crippen LogP contribution in [0.5, 0.6) is 69.0 Å². The Morgan fingerprint density at radius 1 is 0.148 bits per heavy atom. The molecule has 0 radical (unpaired) electrons. The summed E-state index contributed by atoms with van der Waals surface area (Å²) in [5.41, 5.74) is -8.42. The summed E-state index contributed by atoms with van der Waals surface area (Å²) >= 11 is 0. The lowest BCUT2D eigenvalue weighted by Gasteiger charge is -2.39. The Bertz CT molecular complexity index is 3260. The van der Waals surface area contributed by atoms with Crippen LogP contribution >= 0.6 is 0 Å². The molecule has 4 aromatic carbocycles. The van der Waals surface area contributed by atoms with Crippen molar-refractivity contribution < 1.29 is 61.0 Å². The van der Waals surface area contributed by atoms with Crippen molar-refractivity contribution in [3.63, 3.8) is 0 Å². The predicted octanol–water partition coefficient (Wildman–Crippen LogP) is 34.9. The minimum absolute atomic E-state index is 0.594. The number of benzene rings is 4. The molecule has 0 atom stereocenters. The lowest BCUT2D eigenvalue weighted by molar-refractivity contribution is 0.0794. The number of hydrogen-bond donors (Lipinski definition) is 0. The van der Waals surface area contributed by atoms with Crippen LogP contribution in [0.1, 0.15) is 557 Å². The predicted molar refractivity (Wildman–Crippen MR) is 586 cm³/mol. The lowest BCUT2D eigenvalue weighted by Crippen LogP contribution is -2.59. The minimum Gasteiger partial charge on any atom is -0.488 e. The molecule has 0 saturated heterocycles. The van der Waals surface area contributed by atoms with Gasteiger partial charge in [0, 0.05) is 48.5 Å². The number of rotatable bonds is 78. The Morgan fingerprint density at radius 2 is 0.244 bits per heavy atom. The van der Waals surface area contributed by atoms with E-state index < -0.39 is 85.3 Å². The molecule has 0 aliphatic carbocycles. The van der Waals surface area contributed by atoms with Crippen molar-refractivity contribution in [1.29, 1.82) is 0 Å². The van der Waals surface area contributed by atoms with Crippen LogP contribution in [0.2, 0.25) is 0 Å². The summed E-state index contributed by atoms with van der Waals surface area (Å²) < 4.78 is 107. The second kappa shape index (κ2) is 58.5. The molecular formula is C120H214O13Si2. The first-order chi connectivity index (χ1) is 63.2. The van der Waals surface area contributed by atoms with Gasteiger partial charge in [0.15, 0.2) is 0 Å². The molecule has 4 rings (SSSR count). The van der Waals surface area contributed by atoms with E-state index in [9.17, 15) is 4.12 Å². The van der Waals surface area contributed by atoms with Gasteiger partial charge >= 0.3 is 0 Å². The molecule has 0 aromatic heterocycles. The van der Waals surface area contributed by atoms with Crippen LogP contribution in [0.15, 0.2) is 48.5 Å². The van der Waals surface area contributed by atoms with Crippen molar-refractivity contribution in [1.82, 2.24) is 0 Å². The summed E-state index contributed by atoms with van der Waals surface area (Å²) in [6, 6.07) is 17.8. The summed E-state index contributed by atoms with van der Waals surface area (Å²) in [6.07, 6.45) is 47.0. The van der Waals surface area contributed by atoms with Crippen molar-refractivity contribution in [2.45, 2.75) is 625 Å². The van der Waals surface area contributed by atoms with Crippen LogP contribution in [0, 0.1) is 0 Å². The fraction of sp³-hybridized carbons (Fsp3) is 0.800. The zero-order valence-corrected chi connectivity index (χ0v) is 97.3. The van der Waals surface area contributed by atoms with E-state index in [0.717, 1.165) is 329 Å². The maximum Gasteiger partial charge on any atom is 0.244 e. The lowest BCUT2D eigenvalue weighted by atomic mass is 9.99. The first-order valence-corrected chi connectivity index (χ1v) is 59.1. The van der Waals surface area contributed by atoms with Gasteiger partial charge in [-0.1, -0.05) is 237 Å². The van der Waals surface area contributed by atoms with Gasteiger partial charge in [-0.3, -0.25) is 0 Å². The van der Waals surface area contributed by atoms with Gasteiger partial charge in [0.1, 0.15) is 136 Å². The average molecular weight is 1920 g/mol. The van der Waals surface area contributed by atoms with Gasteiger partial charge in [-0.05, 0) is 320 Å². The molecule has 0 N–H and O–H groups in total. The van der Waals surface area contributed by atoms with Crippen LogP contribution in [0.4, 0.5) is 0 Å². The molecule has 0 saturated carbocycles. The summed E-state index contributed by atoms with van der Waals surface area (Å²) in [6.45, 7) is 82.1. The molecule has 4 aromatic rings. The van der Waals surface area contributed by atoms with Gasteiger partial charge in [0.2, 0.25) is 18.1 Å². The summed E-state index contributed by atoms with van der Waals surface area (Å²) in [7, 11) is -8.07. The molecule has 0 fully saturated rings. The second-order valence-corrected chi connectivity index (χ2v) is 53.0. The highest BCUT2D eigenvalue weighted by Gasteiger charge is 2.47. The standard InChI is InChI=1S/C120H214O13Si2/c1-37-49-61-73-109(13,14)121-93-85-97(125-113(21,22)77-65-53-41-5)105(98(86-93)126-114(23,24)78-66-54-42-6)134(106-99(127-115(25,26)79-67-55-43-7)87-94(122-110(15,16)74-62-50-38-2)88-100(106)128-116(27,28)80-68-56-44-8)133-135(107-101(129-117(29,30)81-69-57-45-9)89-95(123-111(17,18)75-63-51-39-3)90-102(107)130-118(31,32)82-70-58-46-10)108-103(131-119(33,34)83-71-59-47-11)91-96(124-112(19,20)76-64-52-40-4)92-104(108)132-120(35,36)84-72-60-48-12/h85-92,134-135H,37-84H2,1-36H3. The summed E-state index contributed by atoms with van der Waals surface area (Å²) in [4.78, 5) is 0. The van der Waals surface area contributed by atoms with E-state index in [1.54, 1.807) is 0 Å². The van der Waals surface area contributed by atoms with E-state index in [4.69, 9.17) is 56.8 Å². The van der Waals surface area contributed by atoms with Crippen molar-refractivity contribution >= 4 is 38.8 Å². The molecule has 780 valence electrons. The molecule has 0 aliphatic heterocycles. The Kier molecular flexibility index (Phi) is 52.9. The van der Waals surface area contributed by atoms with Crippen LogP contribution in [0.3, 0.4) is 0 Å². The highest BCUT2D eigenvalue weighted by atomic mass is 28.4. The van der Waals surface area contributed by atoms with Gasteiger partial charge < -0.3 is 61.0 Å². The SMILES string of the molecule is CCCCCC(C)(C)Oc1cc(OC(C)(C)CCCCC)c([SiH](O[SiH](c2c(OC(C)(C)CCCCC)cc(OC(C)(C)CCCCC)cc2OC(C)(C)CCCCC)c2c(OC(C)(C)CCCCC)cc(OC(C)(C)CCCCC)cc2OC(C)(C)CCCCC)c2c(OC(C)(C)CCCCC)cc(OC(C)(C)CCCCC)cc2OC(C)(C)CCCCC)c(OC(C)(C)CCCCC)c1. The van der Waals surface area contributed by atoms with E-state index in [-0.39, 0.29) is 0 Å². The maximum atomic E-state index is 9.92. The molecule has 0 amide bonds. The van der Waals surface area contributed by atoms with Crippen LogP contribution in [-0.2, 0) is 4.12 Å². The Labute approximate surface area is 836 Å². The molecule has 0 spiro atoms. The van der Waals surface area contributed by atoms with Crippen LogP contribution in [-0.4, -0.2) is 85.3 Å². The Balaban J connectivity index is 3.07. The third kappa shape index (κ3) is 46.7. The first-order valence-electron chi connectivity index (χ1n) is 55.9. The molecular weight excluding hydrogens is 1710 g/mol. The van der Waals surface area contributed by atoms with E-state index in [1.165, 1.54) is 0 Å². The van der Waals surface area contributed by atoms with Crippen LogP contribution < -0.4 is 77.6 Å².